The first kappa shape index (κ1) is 13.8. The quantitative estimate of drug-likeness (QED) is 0.916. The number of ether oxygens (including phenoxy) is 2. The first-order chi connectivity index (χ1) is 10.2. The van der Waals surface area contributed by atoms with Crippen LogP contribution in [-0.4, -0.2) is 26.4 Å². The largest absolute Gasteiger partial charge is 0.454 e. The number of fused-ring (bicyclic) bond motifs is 1. The molecule has 0 aliphatic carbocycles. The second-order valence-electron chi connectivity index (χ2n) is 5.37. The zero-order valence-corrected chi connectivity index (χ0v) is 12.2. The van der Waals surface area contributed by atoms with Gasteiger partial charge in [0.25, 0.3) is 0 Å². The highest BCUT2D eigenvalue weighted by Crippen LogP contribution is 2.35. The van der Waals surface area contributed by atoms with Crippen molar-refractivity contribution < 1.29 is 9.47 Å². The minimum atomic E-state index is 0.0859. The summed E-state index contributed by atoms with van der Waals surface area (Å²) in [4.78, 5) is 2.15. The van der Waals surface area contributed by atoms with Gasteiger partial charge in [0.15, 0.2) is 11.5 Å². The Morgan fingerprint density at radius 3 is 2.67 bits per heavy atom. The van der Waals surface area contributed by atoms with Crippen LogP contribution in [0.25, 0.3) is 0 Å². The third-order valence-corrected chi connectivity index (χ3v) is 3.65. The summed E-state index contributed by atoms with van der Waals surface area (Å²) in [6.45, 7) is 1.09. The van der Waals surface area contributed by atoms with E-state index in [1.807, 2.05) is 43.4 Å². The smallest absolute Gasteiger partial charge is 0.231 e. The number of hydrogen-bond acceptors (Lipinski definition) is 4. The Bertz CT molecular complexity index is 601. The molecule has 3 rings (SSSR count). The van der Waals surface area contributed by atoms with E-state index in [1.54, 1.807) is 0 Å². The van der Waals surface area contributed by atoms with E-state index in [0.29, 0.717) is 6.79 Å². The zero-order chi connectivity index (χ0) is 14.7. The summed E-state index contributed by atoms with van der Waals surface area (Å²) >= 11 is 0. The van der Waals surface area contributed by atoms with Crippen LogP contribution in [-0.2, 0) is 6.42 Å². The van der Waals surface area contributed by atoms with Crippen molar-refractivity contribution in [1.82, 2.24) is 0 Å². The van der Waals surface area contributed by atoms with Gasteiger partial charge in [-0.05, 0) is 24.1 Å². The number of likely N-dealkylation sites (N-methyl/N-ethyl adjacent to an activating group) is 1. The predicted octanol–water partition coefficient (Wildman–Crippen LogP) is 2.42. The molecular formula is C17H20N2O2. The number of hydrogen-bond donors (Lipinski definition) is 1. The molecular weight excluding hydrogens is 264 g/mol. The monoisotopic (exact) mass is 284 g/mol. The van der Waals surface area contributed by atoms with Crippen LogP contribution in [0.3, 0.4) is 0 Å². The third kappa shape index (κ3) is 3.28. The van der Waals surface area contributed by atoms with Crippen LogP contribution in [0.1, 0.15) is 5.56 Å². The van der Waals surface area contributed by atoms with E-state index in [4.69, 9.17) is 15.2 Å². The summed E-state index contributed by atoms with van der Waals surface area (Å²) in [5.41, 5.74) is 8.61. The highest BCUT2D eigenvalue weighted by atomic mass is 16.7. The van der Waals surface area contributed by atoms with Crippen molar-refractivity contribution in [2.24, 2.45) is 5.73 Å². The van der Waals surface area contributed by atoms with Crippen LogP contribution >= 0.6 is 0 Å². The van der Waals surface area contributed by atoms with Gasteiger partial charge >= 0.3 is 0 Å². The molecule has 2 aromatic rings. The number of nitrogens with two attached hydrogens (primary N) is 1. The number of rotatable bonds is 5. The Morgan fingerprint density at radius 1 is 1.10 bits per heavy atom. The van der Waals surface area contributed by atoms with Crippen LogP contribution in [0.4, 0.5) is 5.69 Å². The van der Waals surface area contributed by atoms with E-state index >= 15 is 0 Å². The highest BCUT2D eigenvalue weighted by molar-refractivity contribution is 5.56. The summed E-state index contributed by atoms with van der Waals surface area (Å²) in [7, 11) is 2.04. The van der Waals surface area contributed by atoms with Gasteiger partial charge in [0.05, 0.1) is 0 Å². The Labute approximate surface area is 125 Å². The van der Waals surface area contributed by atoms with Gasteiger partial charge in [-0.25, -0.2) is 0 Å². The molecule has 0 radical (unpaired) electrons. The van der Waals surface area contributed by atoms with Gasteiger partial charge in [0, 0.05) is 31.4 Å². The van der Waals surface area contributed by atoms with Crippen molar-refractivity contribution in [1.29, 1.82) is 0 Å². The normalized spacial score (nSPS) is 14.0. The molecule has 1 unspecified atom stereocenters. The molecule has 0 fully saturated rings. The van der Waals surface area contributed by atoms with Gasteiger partial charge in [-0.2, -0.15) is 0 Å². The molecule has 0 spiro atoms. The molecule has 1 aliphatic rings. The molecule has 1 heterocycles. The van der Waals surface area contributed by atoms with Gasteiger partial charge in [-0.1, -0.05) is 30.3 Å². The summed E-state index contributed by atoms with van der Waals surface area (Å²) < 4.78 is 10.7. The van der Waals surface area contributed by atoms with E-state index in [2.05, 4.69) is 17.0 Å². The van der Waals surface area contributed by atoms with E-state index in [9.17, 15) is 0 Å². The lowest BCUT2D eigenvalue weighted by Crippen LogP contribution is -2.36. The maximum atomic E-state index is 6.26. The number of benzene rings is 2. The van der Waals surface area contributed by atoms with E-state index in [-0.39, 0.29) is 6.04 Å². The SMILES string of the molecule is CN(CC(N)Cc1ccccc1)c1ccc2c(c1)OCO2. The van der Waals surface area contributed by atoms with Gasteiger partial charge in [-0.15, -0.1) is 0 Å². The predicted molar refractivity (Wildman–Crippen MR) is 84.0 cm³/mol. The van der Waals surface area contributed by atoms with Crippen LogP contribution in [0.2, 0.25) is 0 Å². The molecule has 0 saturated carbocycles. The van der Waals surface area contributed by atoms with E-state index < -0.39 is 0 Å². The van der Waals surface area contributed by atoms with Crippen molar-refractivity contribution in [3.63, 3.8) is 0 Å². The van der Waals surface area contributed by atoms with Crippen LogP contribution in [0.15, 0.2) is 48.5 Å². The zero-order valence-electron chi connectivity index (χ0n) is 12.2. The van der Waals surface area contributed by atoms with Crippen molar-refractivity contribution in [2.75, 3.05) is 25.3 Å². The second kappa shape index (κ2) is 6.06. The average Bonchev–Trinajstić information content (AvgIpc) is 2.95. The molecule has 0 amide bonds. The first-order valence-corrected chi connectivity index (χ1v) is 7.12. The van der Waals surface area contributed by atoms with E-state index in [0.717, 1.165) is 30.2 Å². The lowest BCUT2D eigenvalue weighted by molar-refractivity contribution is 0.174. The molecule has 21 heavy (non-hydrogen) atoms. The molecule has 4 heteroatoms. The fourth-order valence-corrected chi connectivity index (χ4v) is 2.56. The Balaban J connectivity index is 1.62. The van der Waals surface area contributed by atoms with Gasteiger partial charge < -0.3 is 20.1 Å². The minimum absolute atomic E-state index is 0.0859. The van der Waals surface area contributed by atoms with Gasteiger partial charge in [0.1, 0.15) is 0 Å². The van der Waals surface area contributed by atoms with Crippen molar-refractivity contribution >= 4 is 5.69 Å². The number of nitrogens with zero attached hydrogens (tertiary/aromatic N) is 1. The molecule has 1 atom stereocenters. The summed E-state index contributed by atoms with van der Waals surface area (Å²) in [6.07, 6.45) is 0.871. The van der Waals surface area contributed by atoms with Crippen molar-refractivity contribution in [3.05, 3.63) is 54.1 Å². The average molecular weight is 284 g/mol. The maximum absolute atomic E-state index is 6.26. The molecule has 110 valence electrons. The Hall–Kier alpha value is -2.20. The fourth-order valence-electron chi connectivity index (χ4n) is 2.56. The second-order valence-corrected chi connectivity index (χ2v) is 5.37. The lowest BCUT2D eigenvalue weighted by atomic mass is 10.1. The molecule has 2 aromatic carbocycles. The van der Waals surface area contributed by atoms with E-state index in [1.165, 1.54) is 5.56 Å². The van der Waals surface area contributed by atoms with Crippen LogP contribution in [0.5, 0.6) is 11.5 Å². The lowest BCUT2D eigenvalue weighted by Gasteiger charge is -2.23. The highest BCUT2D eigenvalue weighted by Gasteiger charge is 2.15. The van der Waals surface area contributed by atoms with Crippen molar-refractivity contribution in [2.45, 2.75) is 12.5 Å². The third-order valence-electron chi connectivity index (χ3n) is 3.65. The Kier molecular flexibility index (Phi) is 3.97. The summed E-state index contributed by atoms with van der Waals surface area (Å²) in [5.74, 6) is 1.61. The van der Waals surface area contributed by atoms with Crippen LogP contribution < -0.4 is 20.1 Å². The molecule has 0 saturated heterocycles. The standard InChI is InChI=1S/C17H20N2O2/c1-19(11-14(18)9-13-5-3-2-4-6-13)15-7-8-16-17(10-15)21-12-20-16/h2-8,10,14H,9,11-12,18H2,1H3. The van der Waals surface area contributed by atoms with Crippen molar-refractivity contribution in [3.8, 4) is 11.5 Å². The molecule has 0 aromatic heterocycles. The fraction of sp³-hybridized carbons (Fsp3) is 0.294. The minimum Gasteiger partial charge on any atom is -0.454 e. The molecule has 0 bridgehead atoms. The molecule has 4 nitrogen and oxygen atoms in total. The molecule has 2 N–H and O–H groups in total. The number of anilines is 1. The maximum Gasteiger partial charge on any atom is 0.231 e. The van der Waals surface area contributed by atoms with Crippen LogP contribution in [0, 0.1) is 0 Å². The topological polar surface area (TPSA) is 47.7 Å². The Morgan fingerprint density at radius 2 is 1.86 bits per heavy atom. The van der Waals surface area contributed by atoms with Gasteiger partial charge in [-0.3, -0.25) is 0 Å². The molecule has 1 aliphatic heterocycles. The summed E-state index contributed by atoms with van der Waals surface area (Å²) in [5, 5.41) is 0. The first-order valence-electron chi connectivity index (χ1n) is 7.12. The van der Waals surface area contributed by atoms with Gasteiger partial charge in [0.2, 0.25) is 6.79 Å². The summed E-state index contributed by atoms with van der Waals surface area (Å²) in [6, 6.07) is 16.4.